The van der Waals surface area contributed by atoms with E-state index in [1.165, 1.54) is 6.92 Å². The molecule has 0 fully saturated rings. The molecule has 0 aliphatic carbocycles. The molecule has 2 nitrogen and oxygen atoms in total. The van der Waals surface area contributed by atoms with Gasteiger partial charge in [-0.1, -0.05) is 0 Å². The smallest absolute Gasteiger partial charge is 0.161 e. The molecule has 1 atom stereocenters. The summed E-state index contributed by atoms with van der Waals surface area (Å²) in [5.74, 6) is -3.82. The maximum atomic E-state index is 13.1. The summed E-state index contributed by atoms with van der Waals surface area (Å²) in [5.41, 5.74) is 5.08. The molecule has 82 valence electrons. The molecule has 0 radical (unpaired) electrons. The Kier molecular flexibility index (Phi) is 3.47. The molecule has 0 amide bonds. The zero-order valence-electron chi connectivity index (χ0n) is 8.06. The van der Waals surface area contributed by atoms with Crippen molar-refractivity contribution in [3.63, 3.8) is 0 Å². The Bertz CT molecular complexity index is 390. The summed E-state index contributed by atoms with van der Waals surface area (Å²) in [4.78, 5) is 11.2. The topological polar surface area (TPSA) is 43.1 Å². The first-order valence-corrected chi connectivity index (χ1v) is 4.33. The number of hydrogen-bond donors (Lipinski definition) is 1. The van der Waals surface area contributed by atoms with Crippen LogP contribution < -0.4 is 5.73 Å². The SMILES string of the molecule is CC(N)C(=O)Cc1cc(F)c(F)cc1F. The highest BCUT2D eigenvalue weighted by Gasteiger charge is 2.15. The molecule has 0 bridgehead atoms. The van der Waals surface area contributed by atoms with E-state index in [0.29, 0.717) is 12.1 Å². The molecule has 1 aromatic rings. The summed E-state index contributed by atoms with van der Waals surface area (Å²) in [6.45, 7) is 1.44. The summed E-state index contributed by atoms with van der Waals surface area (Å²) in [7, 11) is 0. The van der Waals surface area contributed by atoms with Gasteiger partial charge in [0.25, 0.3) is 0 Å². The number of rotatable bonds is 3. The van der Waals surface area contributed by atoms with Gasteiger partial charge < -0.3 is 5.73 Å². The first-order chi connectivity index (χ1) is 6.91. The largest absolute Gasteiger partial charge is 0.322 e. The van der Waals surface area contributed by atoms with Gasteiger partial charge in [-0.15, -0.1) is 0 Å². The Labute approximate surface area is 84.9 Å². The van der Waals surface area contributed by atoms with Crippen LogP contribution in [0.15, 0.2) is 12.1 Å². The van der Waals surface area contributed by atoms with Crippen LogP contribution in [0.25, 0.3) is 0 Å². The first kappa shape index (κ1) is 11.7. The van der Waals surface area contributed by atoms with E-state index >= 15 is 0 Å². The van der Waals surface area contributed by atoms with Gasteiger partial charge in [-0.05, 0) is 18.6 Å². The van der Waals surface area contributed by atoms with E-state index < -0.39 is 29.3 Å². The summed E-state index contributed by atoms with van der Waals surface area (Å²) in [5, 5.41) is 0. The molecule has 0 aliphatic heterocycles. The van der Waals surface area contributed by atoms with Crippen molar-refractivity contribution in [1.82, 2.24) is 0 Å². The Balaban J connectivity index is 2.96. The van der Waals surface area contributed by atoms with Crippen LogP contribution in [0.2, 0.25) is 0 Å². The van der Waals surface area contributed by atoms with Crippen LogP contribution in [0, 0.1) is 17.5 Å². The monoisotopic (exact) mass is 217 g/mol. The van der Waals surface area contributed by atoms with Gasteiger partial charge in [0, 0.05) is 12.5 Å². The predicted octanol–water partition coefficient (Wildman–Crippen LogP) is 1.56. The second kappa shape index (κ2) is 4.44. The molecular formula is C10H10F3NO. The number of carbonyl (C=O) groups excluding carboxylic acids is 1. The molecule has 1 unspecified atom stereocenters. The molecule has 5 heteroatoms. The van der Waals surface area contributed by atoms with E-state index in [2.05, 4.69) is 0 Å². The number of carbonyl (C=O) groups is 1. The van der Waals surface area contributed by atoms with Gasteiger partial charge in [0.2, 0.25) is 0 Å². The second-order valence-electron chi connectivity index (χ2n) is 3.29. The summed E-state index contributed by atoms with van der Waals surface area (Å²) < 4.78 is 38.3. The van der Waals surface area contributed by atoms with Gasteiger partial charge in [-0.2, -0.15) is 0 Å². The van der Waals surface area contributed by atoms with Crippen molar-refractivity contribution in [1.29, 1.82) is 0 Å². The van der Waals surface area contributed by atoms with Crippen molar-refractivity contribution in [3.05, 3.63) is 35.1 Å². The van der Waals surface area contributed by atoms with Gasteiger partial charge in [-0.3, -0.25) is 4.79 Å². The molecule has 0 aromatic heterocycles. The highest BCUT2D eigenvalue weighted by atomic mass is 19.2. The van der Waals surface area contributed by atoms with E-state index in [4.69, 9.17) is 5.73 Å². The van der Waals surface area contributed by atoms with Crippen molar-refractivity contribution in [2.75, 3.05) is 0 Å². The molecule has 1 rings (SSSR count). The van der Waals surface area contributed by atoms with Crippen molar-refractivity contribution in [2.24, 2.45) is 5.73 Å². The first-order valence-electron chi connectivity index (χ1n) is 4.33. The van der Waals surface area contributed by atoms with Gasteiger partial charge in [0.15, 0.2) is 17.4 Å². The third kappa shape index (κ3) is 2.79. The quantitative estimate of drug-likeness (QED) is 0.781. The zero-order chi connectivity index (χ0) is 11.6. The number of ketones is 1. The fourth-order valence-corrected chi connectivity index (χ4v) is 1.05. The normalized spacial score (nSPS) is 12.6. The minimum Gasteiger partial charge on any atom is -0.322 e. The van der Waals surface area contributed by atoms with Crippen LogP contribution >= 0.6 is 0 Å². The minimum atomic E-state index is -1.27. The van der Waals surface area contributed by atoms with Crippen LogP contribution in [0.3, 0.4) is 0 Å². The minimum absolute atomic E-state index is 0.184. The van der Waals surface area contributed by atoms with Crippen LogP contribution in [-0.2, 0) is 11.2 Å². The van der Waals surface area contributed by atoms with E-state index in [-0.39, 0.29) is 12.0 Å². The van der Waals surface area contributed by atoms with E-state index in [1.807, 2.05) is 0 Å². The molecule has 2 N–H and O–H groups in total. The third-order valence-electron chi connectivity index (χ3n) is 1.96. The van der Waals surface area contributed by atoms with Gasteiger partial charge in [-0.25, -0.2) is 13.2 Å². The molecule has 0 spiro atoms. The van der Waals surface area contributed by atoms with Crippen LogP contribution in [0.1, 0.15) is 12.5 Å². The highest BCUT2D eigenvalue weighted by Crippen LogP contribution is 2.14. The van der Waals surface area contributed by atoms with E-state index in [9.17, 15) is 18.0 Å². The highest BCUT2D eigenvalue weighted by molar-refractivity contribution is 5.85. The van der Waals surface area contributed by atoms with Crippen LogP contribution in [-0.4, -0.2) is 11.8 Å². The number of nitrogens with two attached hydrogens (primary N) is 1. The lowest BCUT2D eigenvalue weighted by Gasteiger charge is -2.06. The van der Waals surface area contributed by atoms with Gasteiger partial charge in [0.1, 0.15) is 5.82 Å². The third-order valence-corrected chi connectivity index (χ3v) is 1.96. The maximum absolute atomic E-state index is 13.1. The molecule has 15 heavy (non-hydrogen) atoms. The van der Waals surface area contributed by atoms with Gasteiger partial charge in [0.05, 0.1) is 6.04 Å². The summed E-state index contributed by atoms with van der Waals surface area (Å²) >= 11 is 0. The molecule has 0 saturated carbocycles. The van der Waals surface area contributed by atoms with Crippen LogP contribution in [0.5, 0.6) is 0 Å². The molecule has 1 aromatic carbocycles. The average Bonchev–Trinajstić information content (AvgIpc) is 2.13. The lowest BCUT2D eigenvalue weighted by atomic mass is 10.0. The van der Waals surface area contributed by atoms with E-state index in [0.717, 1.165) is 0 Å². The number of benzene rings is 1. The van der Waals surface area contributed by atoms with Crippen LogP contribution in [0.4, 0.5) is 13.2 Å². The second-order valence-corrected chi connectivity index (χ2v) is 3.29. The Morgan fingerprint density at radius 3 is 2.33 bits per heavy atom. The fraction of sp³-hybridized carbons (Fsp3) is 0.300. The Morgan fingerprint density at radius 2 is 1.80 bits per heavy atom. The standard InChI is InChI=1S/C10H10F3NO/c1-5(14)10(15)3-6-2-8(12)9(13)4-7(6)11/h2,4-5H,3,14H2,1H3. The predicted molar refractivity (Wildman–Crippen MR) is 48.7 cm³/mol. The van der Waals surface area contributed by atoms with Crippen molar-refractivity contribution < 1.29 is 18.0 Å². The zero-order valence-corrected chi connectivity index (χ0v) is 8.06. The maximum Gasteiger partial charge on any atom is 0.161 e. The lowest BCUT2D eigenvalue weighted by Crippen LogP contribution is -2.28. The average molecular weight is 217 g/mol. The number of Topliss-reactive ketones (excluding diaryl/α,β-unsaturated/α-hetero) is 1. The fourth-order valence-electron chi connectivity index (χ4n) is 1.05. The Morgan fingerprint density at radius 1 is 1.27 bits per heavy atom. The lowest BCUT2D eigenvalue weighted by molar-refractivity contribution is -0.119. The summed E-state index contributed by atoms with van der Waals surface area (Å²) in [6, 6.07) is 0.335. The number of halogens is 3. The number of hydrogen-bond acceptors (Lipinski definition) is 2. The molecule has 0 saturated heterocycles. The molecule has 0 heterocycles. The molecule has 0 aliphatic rings. The van der Waals surface area contributed by atoms with E-state index in [1.54, 1.807) is 0 Å². The molecular weight excluding hydrogens is 207 g/mol. The summed E-state index contributed by atoms with van der Waals surface area (Å²) in [6.07, 6.45) is -0.333. The Hall–Kier alpha value is -1.36. The van der Waals surface area contributed by atoms with Crippen molar-refractivity contribution in [2.45, 2.75) is 19.4 Å². The van der Waals surface area contributed by atoms with Gasteiger partial charge >= 0.3 is 0 Å². The van der Waals surface area contributed by atoms with Crippen molar-refractivity contribution in [3.8, 4) is 0 Å². The van der Waals surface area contributed by atoms with Crippen molar-refractivity contribution >= 4 is 5.78 Å².